The average Bonchev–Trinajstić information content (AvgIpc) is 1.84. The number of rotatable bonds is 2. The van der Waals surface area contributed by atoms with E-state index in [1.54, 1.807) is 6.20 Å². The van der Waals surface area contributed by atoms with Gasteiger partial charge in [0, 0.05) is 24.6 Å². The monoisotopic (exact) mass is 126 g/mol. The molecule has 0 aliphatic rings. The predicted octanol–water partition coefficient (Wildman–Crippen LogP) is 1.27. The van der Waals surface area contributed by atoms with Gasteiger partial charge in [-0.1, -0.05) is 6.58 Å². The Kier molecular flexibility index (Phi) is 2.85. The summed E-state index contributed by atoms with van der Waals surface area (Å²) in [5.41, 5.74) is 7.28. The first kappa shape index (κ1) is 8.08. The van der Waals surface area contributed by atoms with Gasteiger partial charge in [-0.3, -0.25) is 0 Å². The molecular formula is C7H14N2. The Bertz CT molecular complexity index is 136. The Balaban J connectivity index is 4.04. The van der Waals surface area contributed by atoms with Crippen LogP contribution >= 0.6 is 0 Å². The van der Waals surface area contributed by atoms with Crippen LogP contribution in [-0.4, -0.2) is 11.9 Å². The molecule has 0 aromatic carbocycles. The lowest BCUT2D eigenvalue weighted by atomic mass is 10.4. The molecule has 0 amide bonds. The number of nitrogens with two attached hydrogens (primary N) is 1. The number of allylic oxidation sites excluding steroid dienone is 2. The molecule has 2 heteroatoms. The summed E-state index contributed by atoms with van der Waals surface area (Å²) in [5.74, 6) is 0. The molecule has 0 aliphatic carbocycles. The Morgan fingerprint density at radius 2 is 2.00 bits per heavy atom. The van der Waals surface area contributed by atoms with Crippen LogP contribution < -0.4 is 5.73 Å². The van der Waals surface area contributed by atoms with Gasteiger partial charge >= 0.3 is 0 Å². The summed E-state index contributed by atoms with van der Waals surface area (Å²) in [7, 11) is 1.93. The first-order valence-corrected chi connectivity index (χ1v) is 2.87. The zero-order valence-electron chi connectivity index (χ0n) is 6.31. The van der Waals surface area contributed by atoms with Crippen molar-refractivity contribution in [2.24, 2.45) is 5.73 Å². The molecule has 0 spiro atoms. The second-order valence-electron chi connectivity index (χ2n) is 2.10. The first-order valence-electron chi connectivity index (χ1n) is 2.87. The largest absolute Gasteiger partial charge is 0.403 e. The van der Waals surface area contributed by atoms with Crippen LogP contribution in [0, 0.1) is 0 Å². The molecule has 0 rings (SSSR count). The van der Waals surface area contributed by atoms with E-state index in [2.05, 4.69) is 6.58 Å². The van der Waals surface area contributed by atoms with Gasteiger partial charge in [-0.05, 0) is 13.8 Å². The highest BCUT2D eigenvalue weighted by Gasteiger charge is 1.95. The van der Waals surface area contributed by atoms with Gasteiger partial charge in [0.2, 0.25) is 0 Å². The van der Waals surface area contributed by atoms with Crippen LogP contribution in [0.25, 0.3) is 0 Å². The highest BCUT2D eigenvalue weighted by molar-refractivity contribution is 5.03. The van der Waals surface area contributed by atoms with E-state index in [1.165, 1.54) is 0 Å². The fourth-order valence-electron chi connectivity index (χ4n) is 0.413. The molecule has 0 aromatic rings. The summed E-state index contributed by atoms with van der Waals surface area (Å²) in [5, 5.41) is 0. The van der Waals surface area contributed by atoms with Crippen LogP contribution in [0.4, 0.5) is 0 Å². The van der Waals surface area contributed by atoms with Crippen LogP contribution in [0.2, 0.25) is 0 Å². The third-order valence-electron chi connectivity index (χ3n) is 1.34. The van der Waals surface area contributed by atoms with E-state index in [1.807, 2.05) is 25.8 Å². The lowest BCUT2D eigenvalue weighted by Gasteiger charge is -2.18. The molecule has 0 atom stereocenters. The summed E-state index contributed by atoms with van der Waals surface area (Å²) >= 11 is 0. The third-order valence-corrected chi connectivity index (χ3v) is 1.34. The second kappa shape index (κ2) is 3.17. The highest BCUT2D eigenvalue weighted by Crippen LogP contribution is 2.04. The molecule has 0 saturated carbocycles. The number of hydrogen-bond donors (Lipinski definition) is 1. The molecule has 52 valence electrons. The molecule has 0 fully saturated rings. The summed E-state index contributed by atoms with van der Waals surface area (Å²) in [4.78, 5) is 1.93. The van der Waals surface area contributed by atoms with E-state index >= 15 is 0 Å². The maximum absolute atomic E-state index is 5.27. The van der Waals surface area contributed by atoms with Crippen molar-refractivity contribution in [2.45, 2.75) is 13.8 Å². The van der Waals surface area contributed by atoms with Gasteiger partial charge in [0.05, 0.1) is 0 Å². The minimum atomic E-state index is 0.995. The lowest BCUT2D eigenvalue weighted by Crippen LogP contribution is -2.13. The molecule has 0 aliphatic heterocycles. The zero-order valence-corrected chi connectivity index (χ0v) is 6.31. The maximum Gasteiger partial charge on any atom is 0.0297 e. The summed E-state index contributed by atoms with van der Waals surface area (Å²) < 4.78 is 0. The Hall–Kier alpha value is -0.920. The second-order valence-corrected chi connectivity index (χ2v) is 2.10. The van der Waals surface area contributed by atoms with E-state index in [9.17, 15) is 0 Å². The minimum Gasteiger partial charge on any atom is -0.403 e. The fourth-order valence-corrected chi connectivity index (χ4v) is 0.413. The van der Waals surface area contributed by atoms with Crippen LogP contribution in [0.1, 0.15) is 13.8 Å². The molecule has 0 saturated heterocycles. The SMILES string of the molecule is C=C(C)N(C)/C(C)=C\N. The van der Waals surface area contributed by atoms with Crippen LogP contribution in [0.5, 0.6) is 0 Å². The van der Waals surface area contributed by atoms with Crippen LogP contribution in [-0.2, 0) is 0 Å². The summed E-state index contributed by atoms with van der Waals surface area (Å²) in [6, 6.07) is 0. The molecule has 0 radical (unpaired) electrons. The van der Waals surface area contributed by atoms with Crippen LogP contribution in [0.15, 0.2) is 24.2 Å². The first-order chi connectivity index (χ1) is 4.09. The highest BCUT2D eigenvalue weighted by atomic mass is 15.1. The van der Waals surface area contributed by atoms with Gasteiger partial charge in [-0.2, -0.15) is 0 Å². The topological polar surface area (TPSA) is 29.3 Å². The van der Waals surface area contributed by atoms with Crippen molar-refractivity contribution in [3.8, 4) is 0 Å². The quantitative estimate of drug-likeness (QED) is 0.603. The average molecular weight is 126 g/mol. The van der Waals surface area contributed by atoms with E-state index in [4.69, 9.17) is 5.73 Å². The van der Waals surface area contributed by atoms with Crippen molar-refractivity contribution in [2.75, 3.05) is 7.05 Å². The van der Waals surface area contributed by atoms with Crippen LogP contribution in [0.3, 0.4) is 0 Å². The van der Waals surface area contributed by atoms with E-state index in [0.29, 0.717) is 0 Å². The fraction of sp³-hybridized carbons (Fsp3) is 0.429. The smallest absolute Gasteiger partial charge is 0.0297 e. The molecule has 2 nitrogen and oxygen atoms in total. The number of nitrogens with zero attached hydrogens (tertiary/aromatic N) is 1. The Morgan fingerprint density at radius 3 is 2.11 bits per heavy atom. The van der Waals surface area contributed by atoms with Gasteiger partial charge in [-0.15, -0.1) is 0 Å². The van der Waals surface area contributed by atoms with E-state index < -0.39 is 0 Å². The Labute approximate surface area is 56.6 Å². The molecule has 9 heavy (non-hydrogen) atoms. The standard InChI is InChI=1S/C7H14N2/c1-6(2)9(4)7(3)5-8/h5H,1,8H2,2-4H3/b7-5-. The van der Waals surface area contributed by atoms with Crippen molar-refractivity contribution in [3.63, 3.8) is 0 Å². The van der Waals surface area contributed by atoms with Crippen molar-refractivity contribution >= 4 is 0 Å². The van der Waals surface area contributed by atoms with Gasteiger partial charge < -0.3 is 10.6 Å². The molecule has 0 aromatic heterocycles. The zero-order chi connectivity index (χ0) is 7.44. The van der Waals surface area contributed by atoms with Crippen molar-refractivity contribution in [1.82, 2.24) is 4.90 Å². The summed E-state index contributed by atoms with van der Waals surface area (Å²) in [6.45, 7) is 7.63. The maximum atomic E-state index is 5.27. The van der Waals surface area contributed by atoms with Gasteiger partial charge in [0.15, 0.2) is 0 Å². The summed E-state index contributed by atoms with van der Waals surface area (Å²) in [6.07, 6.45) is 1.56. The molecule has 0 heterocycles. The van der Waals surface area contributed by atoms with Crippen molar-refractivity contribution in [3.05, 3.63) is 24.2 Å². The Morgan fingerprint density at radius 1 is 1.56 bits per heavy atom. The molecule has 2 N–H and O–H groups in total. The predicted molar refractivity (Wildman–Crippen MR) is 40.5 cm³/mol. The normalized spacial score (nSPS) is 11.2. The number of hydrogen-bond acceptors (Lipinski definition) is 2. The van der Waals surface area contributed by atoms with Crippen molar-refractivity contribution < 1.29 is 0 Å². The lowest BCUT2D eigenvalue weighted by molar-refractivity contribution is 0.522. The van der Waals surface area contributed by atoms with E-state index in [0.717, 1.165) is 11.4 Å². The van der Waals surface area contributed by atoms with Gasteiger partial charge in [0.1, 0.15) is 0 Å². The molecule has 0 unspecified atom stereocenters. The van der Waals surface area contributed by atoms with Gasteiger partial charge in [0.25, 0.3) is 0 Å². The van der Waals surface area contributed by atoms with Crippen molar-refractivity contribution in [1.29, 1.82) is 0 Å². The van der Waals surface area contributed by atoms with E-state index in [-0.39, 0.29) is 0 Å². The molecular weight excluding hydrogens is 112 g/mol. The molecule has 0 bridgehead atoms. The third kappa shape index (κ3) is 2.22. The minimum absolute atomic E-state index is 0.995. The van der Waals surface area contributed by atoms with Gasteiger partial charge in [-0.25, -0.2) is 0 Å².